The van der Waals surface area contributed by atoms with Crippen molar-refractivity contribution < 1.29 is 19.1 Å². The summed E-state index contributed by atoms with van der Waals surface area (Å²) in [5, 5.41) is 0. The van der Waals surface area contributed by atoms with E-state index in [2.05, 4.69) is 36.1 Å². The third kappa shape index (κ3) is 6.79. The van der Waals surface area contributed by atoms with E-state index >= 15 is 0 Å². The fraction of sp³-hybridized carbons (Fsp3) is 0.579. The number of esters is 2. The molecule has 0 amide bonds. The van der Waals surface area contributed by atoms with Crippen molar-refractivity contribution in [2.24, 2.45) is 0 Å². The van der Waals surface area contributed by atoms with E-state index < -0.39 is 8.07 Å². The van der Waals surface area contributed by atoms with Crippen LogP contribution in [0.25, 0.3) is 0 Å². The summed E-state index contributed by atoms with van der Waals surface area (Å²) in [4.78, 5) is 26.8. The molecule has 0 spiro atoms. The third-order valence-electron chi connectivity index (χ3n) is 3.53. The molecule has 0 unspecified atom stereocenters. The highest BCUT2D eigenvalue weighted by molar-refractivity contribution is 6.83. The quantitative estimate of drug-likeness (QED) is 0.456. The van der Waals surface area contributed by atoms with Crippen molar-refractivity contribution >= 4 is 20.0 Å². The summed E-state index contributed by atoms with van der Waals surface area (Å²) in [6.07, 6.45) is 1.67. The Labute approximate surface area is 151 Å². The standard InChI is InChI=1S/C19H29NO4Si/c1-7-23-17(21)11-9-10-15-14(3)18(19(22)24-8-2)20-16(15)12-13-25(4,5)6/h20H,7-11H2,1-6H3. The smallest absolute Gasteiger partial charge is 0.355 e. The molecule has 0 radical (unpaired) electrons. The minimum absolute atomic E-state index is 0.198. The van der Waals surface area contributed by atoms with Gasteiger partial charge in [0.25, 0.3) is 0 Å². The van der Waals surface area contributed by atoms with Crippen LogP contribution in [-0.2, 0) is 20.7 Å². The van der Waals surface area contributed by atoms with E-state index in [0.29, 0.717) is 38.2 Å². The first-order valence-electron chi connectivity index (χ1n) is 8.77. The lowest BCUT2D eigenvalue weighted by molar-refractivity contribution is -0.143. The lowest BCUT2D eigenvalue weighted by Crippen LogP contribution is -2.16. The Kier molecular flexibility index (Phi) is 7.97. The molecule has 0 aliphatic carbocycles. The predicted molar refractivity (Wildman–Crippen MR) is 101 cm³/mol. The van der Waals surface area contributed by atoms with Crippen LogP contribution in [0.2, 0.25) is 19.6 Å². The molecule has 0 aliphatic rings. The molecule has 0 aliphatic heterocycles. The maximum atomic E-state index is 12.1. The van der Waals surface area contributed by atoms with Crippen LogP contribution in [0.15, 0.2) is 0 Å². The van der Waals surface area contributed by atoms with Crippen LogP contribution in [0.5, 0.6) is 0 Å². The summed E-state index contributed by atoms with van der Waals surface area (Å²) in [6, 6.07) is 0. The van der Waals surface area contributed by atoms with Gasteiger partial charge in [-0.15, -0.1) is 5.54 Å². The molecule has 1 rings (SSSR count). The van der Waals surface area contributed by atoms with E-state index in [1.54, 1.807) is 13.8 Å². The second kappa shape index (κ2) is 9.47. The van der Waals surface area contributed by atoms with Gasteiger partial charge < -0.3 is 14.5 Å². The molecule has 1 aromatic rings. The van der Waals surface area contributed by atoms with Crippen LogP contribution >= 0.6 is 0 Å². The van der Waals surface area contributed by atoms with E-state index in [1.807, 2.05) is 6.92 Å². The third-order valence-corrected chi connectivity index (χ3v) is 4.41. The van der Waals surface area contributed by atoms with Gasteiger partial charge in [0.05, 0.1) is 18.9 Å². The Morgan fingerprint density at radius 2 is 1.76 bits per heavy atom. The summed E-state index contributed by atoms with van der Waals surface area (Å²) in [5.41, 5.74) is 6.37. The molecule has 0 aromatic carbocycles. The van der Waals surface area contributed by atoms with E-state index in [1.165, 1.54) is 0 Å². The normalized spacial score (nSPS) is 10.8. The monoisotopic (exact) mass is 363 g/mol. The fourth-order valence-electron chi connectivity index (χ4n) is 2.35. The number of carbonyl (C=O) groups is 2. The Hall–Kier alpha value is -2.00. The lowest BCUT2D eigenvalue weighted by Gasteiger charge is -2.05. The van der Waals surface area contributed by atoms with Crippen molar-refractivity contribution in [1.29, 1.82) is 0 Å². The number of hydrogen-bond acceptors (Lipinski definition) is 4. The molecule has 25 heavy (non-hydrogen) atoms. The zero-order valence-corrected chi connectivity index (χ0v) is 17.2. The Bertz CT molecular complexity index is 674. The minimum atomic E-state index is -1.54. The SMILES string of the molecule is CCOC(=O)CCCc1c(C#C[Si](C)(C)C)[nH]c(C(=O)OCC)c1C. The number of H-pyrrole nitrogens is 1. The maximum Gasteiger partial charge on any atom is 0.355 e. The van der Waals surface area contributed by atoms with Gasteiger partial charge in [0.1, 0.15) is 13.8 Å². The van der Waals surface area contributed by atoms with Crippen LogP contribution in [0.4, 0.5) is 0 Å². The second-order valence-corrected chi connectivity index (χ2v) is 11.6. The maximum absolute atomic E-state index is 12.1. The van der Waals surface area contributed by atoms with Gasteiger partial charge in [-0.05, 0) is 44.7 Å². The van der Waals surface area contributed by atoms with Crippen molar-refractivity contribution in [3.8, 4) is 11.5 Å². The van der Waals surface area contributed by atoms with Gasteiger partial charge in [-0.25, -0.2) is 4.79 Å². The second-order valence-electron chi connectivity index (χ2n) is 6.86. The Balaban J connectivity index is 3.07. The van der Waals surface area contributed by atoms with E-state index in [9.17, 15) is 9.59 Å². The van der Waals surface area contributed by atoms with Crippen LogP contribution in [0.1, 0.15) is 54.0 Å². The highest BCUT2D eigenvalue weighted by Crippen LogP contribution is 2.21. The van der Waals surface area contributed by atoms with Crippen molar-refractivity contribution in [2.75, 3.05) is 13.2 Å². The Morgan fingerprint density at radius 1 is 1.12 bits per heavy atom. The van der Waals surface area contributed by atoms with Crippen LogP contribution < -0.4 is 0 Å². The summed E-state index contributed by atoms with van der Waals surface area (Å²) < 4.78 is 10.1. The largest absolute Gasteiger partial charge is 0.466 e. The molecule has 1 N–H and O–H groups in total. The zero-order chi connectivity index (χ0) is 19.0. The molecular formula is C19H29NO4Si. The van der Waals surface area contributed by atoms with Crippen molar-refractivity contribution in [2.45, 2.75) is 59.7 Å². The van der Waals surface area contributed by atoms with Crippen LogP contribution in [0, 0.1) is 18.4 Å². The highest BCUT2D eigenvalue weighted by Gasteiger charge is 2.20. The molecule has 138 valence electrons. The topological polar surface area (TPSA) is 68.4 Å². The number of nitrogens with one attached hydrogen (secondary N) is 1. The zero-order valence-electron chi connectivity index (χ0n) is 16.2. The van der Waals surface area contributed by atoms with Crippen molar-refractivity contribution in [3.05, 3.63) is 22.5 Å². The molecule has 5 nitrogen and oxygen atoms in total. The number of rotatable bonds is 7. The van der Waals surface area contributed by atoms with Crippen molar-refractivity contribution in [3.63, 3.8) is 0 Å². The van der Waals surface area contributed by atoms with E-state index in [-0.39, 0.29) is 11.9 Å². The number of ether oxygens (including phenoxy) is 2. The number of hydrogen-bond donors (Lipinski definition) is 1. The molecule has 1 aromatic heterocycles. The van der Waals surface area contributed by atoms with Gasteiger partial charge in [0, 0.05) is 6.42 Å². The summed E-state index contributed by atoms with van der Waals surface area (Å²) in [6.45, 7) is 12.7. The fourth-order valence-corrected chi connectivity index (χ4v) is 2.85. The Morgan fingerprint density at radius 3 is 2.32 bits per heavy atom. The molecule has 0 saturated heterocycles. The van der Waals surface area contributed by atoms with Gasteiger partial charge in [-0.1, -0.05) is 25.6 Å². The van der Waals surface area contributed by atoms with Crippen molar-refractivity contribution in [1.82, 2.24) is 4.98 Å². The predicted octanol–water partition coefficient (Wildman–Crippen LogP) is 3.61. The average molecular weight is 364 g/mol. The van der Waals surface area contributed by atoms with Gasteiger partial charge in [-0.3, -0.25) is 4.79 Å². The summed E-state index contributed by atoms with van der Waals surface area (Å²) in [7, 11) is -1.54. The molecule has 0 bridgehead atoms. The van der Waals surface area contributed by atoms with Crippen LogP contribution in [0.3, 0.4) is 0 Å². The molecule has 0 saturated carbocycles. The van der Waals surface area contributed by atoms with Gasteiger partial charge >= 0.3 is 11.9 Å². The van der Waals surface area contributed by atoms with E-state index in [4.69, 9.17) is 9.47 Å². The molecular weight excluding hydrogens is 334 g/mol. The van der Waals surface area contributed by atoms with E-state index in [0.717, 1.165) is 16.8 Å². The molecule has 0 fully saturated rings. The number of aromatic amines is 1. The first kappa shape index (κ1) is 21.0. The lowest BCUT2D eigenvalue weighted by atomic mass is 10.0. The summed E-state index contributed by atoms with van der Waals surface area (Å²) >= 11 is 0. The van der Waals surface area contributed by atoms with Gasteiger partial charge in [0.15, 0.2) is 0 Å². The molecule has 0 atom stereocenters. The molecule has 1 heterocycles. The summed E-state index contributed by atoms with van der Waals surface area (Å²) in [5.74, 6) is 2.64. The van der Waals surface area contributed by atoms with Gasteiger partial charge in [-0.2, -0.15) is 0 Å². The van der Waals surface area contributed by atoms with Crippen LogP contribution in [-0.4, -0.2) is 38.2 Å². The first-order chi connectivity index (χ1) is 11.7. The van der Waals surface area contributed by atoms with Gasteiger partial charge in [0.2, 0.25) is 0 Å². The first-order valence-corrected chi connectivity index (χ1v) is 12.3. The number of aromatic nitrogens is 1. The highest BCUT2D eigenvalue weighted by atomic mass is 28.3. The number of carbonyl (C=O) groups excluding carboxylic acids is 2. The average Bonchev–Trinajstić information content (AvgIpc) is 2.82. The molecule has 6 heteroatoms. The minimum Gasteiger partial charge on any atom is -0.466 e.